The van der Waals surface area contributed by atoms with E-state index in [4.69, 9.17) is 23.2 Å². The van der Waals surface area contributed by atoms with E-state index < -0.39 is 10.0 Å². The smallest absolute Gasteiger partial charge is 0.244 e. The summed E-state index contributed by atoms with van der Waals surface area (Å²) in [5, 5.41) is 0.577. The number of hydrogen-bond donors (Lipinski definition) is 0. The molecule has 0 unspecified atom stereocenters. The second-order valence-electron chi connectivity index (χ2n) is 6.26. The molecular weight excluding hydrogens is 379 g/mol. The Hall–Kier alpha value is -1.27. The lowest BCUT2D eigenvalue weighted by Crippen LogP contribution is -2.48. The zero-order valence-electron chi connectivity index (χ0n) is 14.2. The number of sulfonamides is 1. The van der Waals surface area contributed by atoms with Gasteiger partial charge in [0.05, 0.1) is 5.02 Å². The first-order chi connectivity index (χ1) is 11.8. The predicted octanol–water partition coefficient (Wildman–Crippen LogP) is 4.12. The SMILES string of the molecule is Cc1ccc(N2CCN(S(=O)(=O)c3ccc(Cl)cc3Cl)CC2)c(C)c1. The molecule has 134 valence electrons. The van der Waals surface area contributed by atoms with Crippen LogP contribution in [0.3, 0.4) is 0 Å². The summed E-state index contributed by atoms with van der Waals surface area (Å²) < 4.78 is 27.2. The van der Waals surface area contributed by atoms with Gasteiger partial charge in [-0.15, -0.1) is 0 Å². The van der Waals surface area contributed by atoms with Crippen LogP contribution in [0.5, 0.6) is 0 Å². The molecule has 1 aliphatic rings. The third kappa shape index (κ3) is 3.80. The van der Waals surface area contributed by atoms with E-state index in [2.05, 4.69) is 36.9 Å². The summed E-state index contributed by atoms with van der Waals surface area (Å²) in [7, 11) is -3.62. The van der Waals surface area contributed by atoms with Crippen molar-refractivity contribution in [3.05, 3.63) is 57.6 Å². The molecule has 2 aromatic carbocycles. The molecule has 0 N–H and O–H groups in total. The van der Waals surface area contributed by atoms with E-state index in [0.717, 1.165) is 5.69 Å². The van der Waals surface area contributed by atoms with Crippen LogP contribution in [0.1, 0.15) is 11.1 Å². The Morgan fingerprint density at radius 2 is 1.60 bits per heavy atom. The Morgan fingerprint density at radius 1 is 0.920 bits per heavy atom. The third-order valence-corrected chi connectivity index (χ3v) is 7.06. The fourth-order valence-corrected chi connectivity index (χ4v) is 5.32. The number of nitrogens with zero attached hydrogens (tertiary/aromatic N) is 2. The first-order valence-electron chi connectivity index (χ1n) is 8.06. The maximum absolute atomic E-state index is 12.9. The number of aryl methyl sites for hydroxylation is 2. The minimum atomic E-state index is -3.62. The van der Waals surface area contributed by atoms with E-state index in [9.17, 15) is 8.42 Å². The van der Waals surface area contributed by atoms with Crippen molar-refractivity contribution in [1.82, 2.24) is 4.31 Å². The molecule has 0 amide bonds. The van der Waals surface area contributed by atoms with Crippen molar-refractivity contribution < 1.29 is 8.42 Å². The highest BCUT2D eigenvalue weighted by Gasteiger charge is 2.30. The summed E-state index contributed by atoms with van der Waals surface area (Å²) in [6, 6.07) is 10.8. The Bertz CT molecular complexity index is 892. The predicted molar refractivity (Wildman–Crippen MR) is 103 cm³/mol. The molecule has 1 fully saturated rings. The summed E-state index contributed by atoms with van der Waals surface area (Å²) >= 11 is 12.0. The Balaban J connectivity index is 1.77. The van der Waals surface area contributed by atoms with Gasteiger partial charge in [0, 0.05) is 36.9 Å². The second-order valence-corrected chi connectivity index (χ2v) is 9.01. The first-order valence-corrected chi connectivity index (χ1v) is 10.3. The van der Waals surface area contributed by atoms with E-state index >= 15 is 0 Å². The van der Waals surface area contributed by atoms with Crippen molar-refractivity contribution >= 4 is 38.9 Å². The lowest BCUT2D eigenvalue weighted by molar-refractivity contribution is 0.385. The fraction of sp³-hybridized carbons (Fsp3) is 0.333. The maximum atomic E-state index is 12.9. The highest BCUT2D eigenvalue weighted by molar-refractivity contribution is 7.89. The van der Waals surface area contributed by atoms with Gasteiger partial charge in [-0.05, 0) is 43.7 Å². The van der Waals surface area contributed by atoms with Crippen LogP contribution in [0.15, 0.2) is 41.3 Å². The number of halogens is 2. The molecule has 0 aromatic heterocycles. The molecule has 3 rings (SSSR count). The molecule has 0 spiro atoms. The summed E-state index contributed by atoms with van der Waals surface area (Å²) in [4.78, 5) is 2.34. The minimum absolute atomic E-state index is 0.110. The average molecular weight is 399 g/mol. The molecule has 0 radical (unpaired) electrons. The number of benzene rings is 2. The largest absolute Gasteiger partial charge is 0.369 e. The van der Waals surface area contributed by atoms with E-state index in [1.165, 1.54) is 27.6 Å². The summed E-state index contributed by atoms with van der Waals surface area (Å²) in [6.45, 7) is 6.29. The van der Waals surface area contributed by atoms with Gasteiger partial charge in [-0.1, -0.05) is 40.9 Å². The zero-order chi connectivity index (χ0) is 18.2. The van der Waals surface area contributed by atoms with Gasteiger partial charge < -0.3 is 4.90 Å². The van der Waals surface area contributed by atoms with Crippen LogP contribution in [0.25, 0.3) is 0 Å². The van der Waals surface area contributed by atoms with Crippen molar-refractivity contribution in [2.24, 2.45) is 0 Å². The van der Waals surface area contributed by atoms with E-state index in [1.54, 1.807) is 6.07 Å². The van der Waals surface area contributed by atoms with Crippen LogP contribution in [0.4, 0.5) is 5.69 Å². The van der Waals surface area contributed by atoms with E-state index in [0.29, 0.717) is 31.2 Å². The molecule has 1 saturated heterocycles. The molecular formula is C18H20Cl2N2O2S. The van der Waals surface area contributed by atoms with Crippen molar-refractivity contribution in [1.29, 1.82) is 0 Å². The molecule has 1 aliphatic heterocycles. The number of rotatable bonds is 3. The van der Waals surface area contributed by atoms with Gasteiger partial charge in [0.15, 0.2) is 0 Å². The molecule has 2 aromatic rings. The van der Waals surface area contributed by atoms with Crippen LogP contribution in [0, 0.1) is 13.8 Å². The average Bonchev–Trinajstić information content (AvgIpc) is 2.54. The Labute approximate surface area is 159 Å². The normalized spacial score (nSPS) is 16.2. The van der Waals surface area contributed by atoms with Gasteiger partial charge in [-0.25, -0.2) is 8.42 Å². The van der Waals surface area contributed by atoms with Gasteiger partial charge in [0.25, 0.3) is 0 Å². The molecule has 4 nitrogen and oxygen atoms in total. The summed E-state index contributed by atoms with van der Waals surface area (Å²) in [6.07, 6.45) is 0. The van der Waals surface area contributed by atoms with Gasteiger partial charge in [-0.2, -0.15) is 4.31 Å². The zero-order valence-corrected chi connectivity index (χ0v) is 16.5. The second kappa shape index (κ2) is 7.16. The summed E-state index contributed by atoms with van der Waals surface area (Å²) in [5.74, 6) is 0. The highest BCUT2D eigenvalue weighted by atomic mass is 35.5. The van der Waals surface area contributed by atoms with E-state index in [-0.39, 0.29) is 9.92 Å². The molecule has 0 aliphatic carbocycles. The minimum Gasteiger partial charge on any atom is -0.369 e. The number of piperazine rings is 1. The molecule has 25 heavy (non-hydrogen) atoms. The van der Waals surface area contributed by atoms with Crippen LogP contribution in [-0.2, 0) is 10.0 Å². The van der Waals surface area contributed by atoms with Crippen molar-refractivity contribution in [2.75, 3.05) is 31.1 Å². The Kier molecular flexibility index (Phi) is 5.30. The van der Waals surface area contributed by atoms with Crippen LogP contribution in [-0.4, -0.2) is 38.9 Å². The monoisotopic (exact) mass is 398 g/mol. The van der Waals surface area contributed by atoms with Crippen molar-refractivity contribution in [3.8, 4) is 0 Å². The third-order valence-electron chi connectivity index (χ3n) is 4.44. The van der Waals surface area contributed by atoms with Gasteiger partial charge in [0.2, 0.25) is 10.0 Å². The first kappa shape index (κ1) is 18.5. The van der Waals surface area contributed by atoms with Crippen LogP contribution in [0.2, 0.25) is 10.0 Å². The van der Waals surface area contributed by atoms with Crippen LogP contribution >= 0.6 is 23.2 Å². The molecule has 0 atom stereocenters. The molecule has 0 saturated carbocycles. The van der Waals surface area contributed by atoms with E-state index in [1.807, 2.05) is 0 Å². The lowest BCUT2D eigenvalue weighted by Gasteiger charge is -2.36. The highest BCUT2D eigenvalue weighted by Crippen LogP contribution is 2.29. The quantitative estimate of drug-likeness (QED) is 0.780. The van der Waals surface area contributed by atoms with Gasteiger partial charge in [0.1, 0.15) is 4.90 Å². The molecule has 1 heterocycles. The molecule has 0 bridgehead atoms. The number of hydrogen-bond acceptors (Lipinski definition) is 3. The maximum Gasteiger partial charge on any atom is 0.244 e. The summed E-state index contributed by atoms with van der Waals surface area (Å²) in [5.41, 5.74) is 3.59. The van der Waals surface area contributed by atoms with Gasteiger partial charge in [-0.3, -0.25) is 0 Å². The number of anilines is 1. The fourth-order valence-electron chi connectivity index (χ4n) is 3.15. The van der Waals surface area contributed by atoms with Crippen molar-refractivity contribution in [3.63, 3.8) is 0 Å². The molecule has 7 heteroatoms. The van der Waals surface area contributed by atoms with Crippen LogP contribution < -0.4 is 4.90 Å². The topological polar surface area (TPSA) is 40.6 Å². The van der Waals surface area contributed by atoms with Gasteiger partial charge >= 0.3 is 0 Å². The van der Waals surface area contributed by atoms with Crippen molar-refractivity contribution in [2.45, 2.75) is 18.7 Å². The Morgan fingerprint density at radius 3 is 2.20 bits per heavy atom. The standard InChI is InChI=1S/C18H20Cl2N2O2S/c1-13-3-5-17(14(2)11-13)21-7-9-22(10-8-21)25(23,24)18-6-4-15(19)12-16(18)20/h3-6,11-12H,7-10H2,1-2H3. The lowest BCUT2D eigenvalue weighted by atomic mass is 10.1.